The van der Waals surface area contributed by atoms with Crippen LogP contribution < -0.4 is 15.8 Å². The fourth-order valence-electron chi connectivity index (χ4n) is 2.91. The highest BCUT2D eigenvalue weighted by molar-refractivity contribution is 5.99. The molecule has 0 aromatic heterocycles. The van der Waals surface area contributed by atoms with Crippen molar-refractivity contribution in [3.8, 4) is 5.75 Å². The molecule has 0 unspecified atom stereocenters. The van der Waals surface area contributed by atoms with E-state index in [0.717, 1.165) is 0 Å². The van der Waals surface area contributed by atoms with Crippen LogP contribution in [0.2, 0.25) is 0 Å². The van der Waals surface area contributed by atoms with Crippen molar-refractivity contribution in [3.05, 3.63) is 23.8 Å². The van der Waals surface area contributed by atoms with Crippen molar-refractivity contribution in [3.63, 3.8) is 0 Å². The van der Waals surface area contributed by atoms with Crippen molar-refractivity contribution in [2.24, 2.45) is 5.92 Å². The number of nitrogens with two attached hydrogens (primary N) is 1. The minimum atomic E-state index is -0.0942. The number of benzene rings is 1. The fourth-order valence-corrected chi connectivity index (χ4v) is 2.91. The molecule has 1 aromatic rings. The largest absolute Gasteiger partial charge is 0.497 e. The molecule has 0 radical (unpaired) electrons. The first-order valence-corrected chi connectivity index (χ1v) is 7.36. The number of hydrogen-bond donors (Lipinski definition) is 2. The van der Waals surface area contributed by atoms with Crippen LogP contribution >= 0.6 is 0 Å². The maximum atomic E-state index is 12.3. The Morgan fingerprint density at radius 3 is 2.65 bits per heavy atom. The van der Waals surface area contributed by atoms with E-state index in [4.69, 9.17) is 10.5 Å². The first kappa shape index (κ1) is 14.7. The molecule has 110 valence electrons. The topological polar surface area (TPSA) is 64.3 Å². The summed E-state index contributed by atoms with van der Waals surface area (Å²) in [6.07, 6.45) is 6.28. The molecule has 1 saturated carbocycles. The number of methoxy groups -OCH3 is 1. The third-order valence-electron chi connectivity index (χ3n) is 4.22. The number of anilines is 1. The molecule has 2 rings (SSSR count). The van der Waals surface area contributed by atoms with Crippen molar-refractivity contribution < 1.29 is 9.53 Å². The highest BCUT2D eigenvalue weighted by Crippen LogP contribution is 2.27. The Hall–Kier alpha value is -1.71. The second kappa shape index (κ2) is 6.64. The van der Waals surface area contributed by atoms with Crippen LogP contribution in [0.5, 0.6) is 5.75 Å². The van der Waals surface area contributed by atoms with E-state index in [9.17, 15) is 4.79 Å². The second-order valence-electron chi connectivity index (χ2n) is 5.61. The van der Waals surface area contributed by atoms with Crippen LogP contribution in [0.25, 0.3) is 0 Å². The number of nitrogens with one attached hydrogen (secondary N) is 1. The lowest BCUT2D eigenvalue weighted by Gasteiger charge is -2.28. The van der Waals surface area contributed by atoms with Gasteiger partial charge in [-0.15, -0.1) is 0 Å². The maximum Gasteiger partial charge on any atom is 0.253 e. The highest BCUT2D eigenvalue weighted by Gasteiger charge is 2.22. The summed E-state index contributed by atoms with van der Waals surface area (Å²) in [5.74, 6) is 1.16. The molecule has 20 heavy (non-hydrogen) atoms. The molecule has 4 heteroatoms. The zero-order valence-electron chi connectivity index (χ0n) is 12.3. The average Bonchev–Trinajstić information content (AvgIpc) is 2.47. The van der Waals surface area contributed by atoms with Crippen LogP contribution in [0, 0.1) is 5.92 Å². The van der Waals surface area contributed by atoms with Gasteiger partial charge in [0.2, 0.25) is 0 Å². The number of carbonyl (C=O) groups excluding carboxylic acids is 1. The number of carbonyl (C=O) groups is 1. The first-order chi connectivity index (χ1) is 9.61. The molecule has 0 heterocycles. The summed E-state index contributed by atoms with van der Waals surface area (Å²) in [6, 6.07) is 5.36. The molecule has 1 aromatic carbocycles. The van der Waals surface area contributed by atoms with Gasteiger partial charge >= 0.3 is 0 Å². The van der Waals surface area contributed by atoms with E-state index in [0.29, 0.717) is 22.9 Å². The first-order valence-electron chi connectivity index (χ1n) is 7.36. The van der Waals surface area contributed by atoms with Gasteiger partial charge < -0.3 is 15.8 Å². The van der Waals surface area contributed by atoms with Gasteiger partial charge in [0.25, 0.3) is 5.91 Å². The lowest BCUT2D eigenvalue weighted by atomic mass is 9.84. The van der Waals surface area contributed by atoms with E-state index in [2.05, 4.69) is 12.2 Å². The predicted octanol–water partition coefficient (Wildman–Crippen LogP) is 2.98. The summed E-state index contributed by atoms with van der Waals surface area (Å²) < 4.78 is 5.09. The summed E-state index contributed by atoms with van der Waals surface area (Å²) in [6.45, 7) is 2.09. The number of hydrogen-bond acceptors (Lipinski definition) is 3. The summed E-state index contributed by atoms with van der Waals surface area (Å²) in [7, 11) is 1.58. The fraction of sp³-hybridized carbons (Fsp3) is 0.562. The molecular weight excluding hydrogens is 252 g/mol. The van der Waals surface area contributed by atoms with Crippen molar-refractivity contribution in [1.29, 1.82) is 0 Å². The number of amides is 1. The van der Waals surface area contributed by atoms with Crippen molar-refractivity contribution in [2.75, 3.05) is 12.8 Å². The van der Waals surface area contributed by atoms with Crippen LogP contribution in [0.15, 0.2) is 18.2 Å². The molecule has 4 nitrogen and oxygen atoms in total. The Morgan fingerprint density at radius 1 is 1.35 bits per heavy atom. The maximum absolute atomic E-state index is 12.3. The summed E-state index contributed by atoms with van der Waals surface area (Å²) in [4.78, 5) is 12.3. The molecule has 1 atom stereocenters. The molecule has 1 fully saturated rings. The van der Waals surface area contributed by atoms with Crippen LogP contribution in [0.3, 0.4) is 0 Å². The molecule has 0 aliphatic heterocycles. The second-order valence-corrected chi connectivity index (χ2v) is 5.61. The molecule has 1 aliphatic carbocycles. The van der Waals surface area contributed by atoms with Gasteiger partial charge in [0, 0.05) is 17.8 Å². The van der Waals surface area contributed by atoms with Crippen LogP contribution in [-0.4, -0.2) is 19.1 Å². The Labute approximate surface area is 120 Å². The Kier molecular flexibility index (Phi) is 4.88. The van der Waals surface area contributed by atoms with Gasteiger partial charge in [-0.25, -0.2) is 0 Å². The summed E-state index contributed by atoms with van der Waals surface area (Å²) >= 11 is 0. The van der Waals surface area contributed by atoms with Gasteiger partial charge in [0.15, 0.2) is 0 Å². The molecule has 1 aliphatic rings. The van der Waals surface area contributed by atoms with Gasteiger partial charge in [-0.3, -0.25) is 4.79 Å². The number of ether oxygens (including phenoxy) is 1. The van der Waals surface area contributed by atoms with E-state index in [-0.39, 0.29) is 11.9 Å². The number of nitrogen functional groups attached to an aromatic ring is 1. The molecule has 0 saturated heterocycles. The Morgan fingerprint density at radius 2 is 2.05 bits per heavy atom. The van der Waals surface area contributed by atoms with Crippen LogP contribution in [0.1, 0.15) is 49.4 Å². The molecule has 1 amide bonds. The zero-order valence-corrected chi connectivity index (χ0v) is 12.3. The molecule has 0 bridgehead atoms. The van der Waals surface area contributed by atoms with Gasteiger partial charge in [0.1, 0.15) is 5.75 Å². The van der Waals surface area contributed by atoms with Crippen LogP contribution in [0.4, 0.5) is 5.69 Å². The SMILES string of the molecule is COc1ccc(C(=O)N[C@H](C)C2CCCCC2)c(N)c1. The highest BCUT2D eigenvalue weighted by atomic mass is 16.5. The minimum absolute atomic E-state index is 0.0942. The van der Waals surface area contributed by atoms with E-state index >= 15 is 0 Å². The van der Waals surface area contributed by atoms with Gasteiger partial charge in [0.05, 0.1) is 12.7 Å². The summed E-state index contributed by atoms with van der Waals surface area (Å²) in [5, 5.41) is 3.08. The standard InChI is InChI=1S/C16H24N2O2/c1-11(12-6-4-3-5-7-12)18-16(19)14-9-8-13(20-2)10-15(14)17/h8-12H,3-7,17H2,1-2H3,(H,18,19)/t11-/m1/s1. The van der Waals surface area contributed by atoms with E-state index in [1.165, 1.54) is 32.1 Å². The van der Waals surface area contributed by atoms with Crippen molar-refractivity contribution in [2.45, 2.75) is 45.1 Å². The van der Waals surface area contributed by atoms with Gasteiger partial charge in [-0.2, -0.15) is 0 Å². The third-order valence-corrected chi connectivity index (χ3v) is 4.22. The predicted molar refractivity (Wildman–Crippen MR) is 80.9 cm³/mol. The Bertz CT molecular complexity index is 468. The van der Waals surface area contributed by atoms with E-state index in [1.54, 1.807) is 25.3 Å². The lowest BCUT2D eigenvalue weighted by molar-refractivity contribution is 0.0920. The monoisotopic (exact) mass is 276 g/mol. The van der Waals surface area contributed by atoms with Crippen LogP contribution in [-0.2, 0) is 0 Å². The summed E-state index contributed by atoms with van der Waals surface area (Å²) in [5.41, 5.74) is 6.89. The van der Waals surface area contributed by atoms with Crippen molar-refractivity contribution >= 4 is 11.6 Å². The molecule has 0 spiro atoms. The average molecular weight is 276 g/mol. The molecular formula is C16H24N2O2. The smallest absolute Gasteiger partial charge is 0.253 e. The Balaban J connectivity index is 2.00. The van der Waals surface area contributed by atoms with Crippen molar-refractivity contribution in [1.82, 2.24) is 5.32 Å². The number of rotatable bonds is 4. The lowest BCUT2D eigenvalue weighted by Crippen LogP contribution is -2.39. The zero-order chi connectivity index (χ0) is 14.5. The third kappa shape index (κ3) is 3.44. The van der Waals surface area contributed by atoms with Gasteiger partial charge in [-0.1, -0.05) is 19.3 Å². The normalized spacial score (nSPS) is 17.5. The van der Waals surface area contributed by atoms with E-state index < -0.39 is 0 Å². The quantitative estimate of drug-likeness (QED) is 0.831. The minimum Gasteiger partial charge on any atom is -0.497 e. The van der Waals surface area contributed by atoms with Gasteiger partial charge in [-0.05, 0) is 37.8 Å². The van der Waals surface area contributed by atoms with E-state index in [1.807, 2.05) is 0 Å². The molecule has 3 N–H and O–H groups in total.